The average molecular weight is 1050 g/mol. The van der Waals surface area contributed by atoms with Gasteiger partial charge in [-0.05, 0) is 144 Å². The Morgan fingerprint density at radius 2 is 0.654 bits per heavy atom. The van der Waals surface area contributed by atoms with Crippen molar-refractivity contribution in [2.24, 2.45) is 55.5 Å². The van der Waals surface area contributed by atoms with Gasteiger partial charge in [-0.1, -0.05) is 196 Å². The third-order valence-corrected chi connectivity index (χ3v) is 17.4. The SMILES string of the molecule is C=CC[C@@H]1[C@@H]2C(C(C)=Nc3c(C(C)C)cccc3C(C)C)=N/C(=C(/C)Nc3c(C(C)C)cccc3C(C)C)[C@H]1[C@@H]1C(C(C)=Nc3c(C(C)C)cccc3C(C)C)=N/C(=C(/C)Nc3c(C(C)C)cccc3C(C)C)[C@H]2[C@H]1CC=C. The minimum absolute atomic E-state index is 0.0287. The topological polar surface area (TPSA) is 73.5 Å². The second kappa shape index (κ2) is 25.1. The Morgan fingerprint density at radius 3 is 0.885 bits per heavy atom. The number of hydrogen-bond donors (Lipinski definition) is 2. The van der Waals surface area contributed by atoms with Crippen LogP contribution in [0.5, 0.6) is 0 Å². The van der Waals surface area contributed by atoms with Crippen LogP contribution in [0.1, 0.15) is 243 Å². The van der Waals surface area contributed by atoms with Crippen LogP contribution in [-0.4, -0.2) is 22.8 Å². The Morgan fingerprint density at radius 1 is 0.410 bits per heavy atom. The molecule has 1 aliphatic carbocycles. The van der Waals surface area contributed by atoms with Crippen LogP contribution in [0, 0.1) is 35.5 Å². The molecule has 1 fully saturated rings. The predicted molar refractivity (Wildman–Crippen MR) is 342 cm³/mol. The Hall–Kier alpha value is -5.88. The first kappa shape index (κ1) is 59.8. The molecule has 3 aliphatic rings. The smallest absolute Gasteiger partial charge is 0.0702 e. The van der Waals surface area contributed by atoms with E-state index in [1.165, 1.54) is 55.9 Å². The quantitative estimate of drug-likeness (QED) is 0.0684. The van der Waals surface area contributed by atoms with E-state index in [1.807, 2.05) is 0 Å². The summed E-state index contributed by atoms with van der Waals surface area (Å²) < 4.78 is 0. The van der Waals surface area contributed by atoms with Gasteiger partial charge >= 0.3 is 0 Å². The van der Waals surface area contributed by atoms with E-state index in [4.69, 9.17) is 20.0 Å². The molecule has 0 unspecified atom stereocenters. The van der Waals surface area contributed by atoms with E-state index in [0.29, 0.717) is 47.3 Å². The number of hydrogen-bond acceptors (Lipinski definition) is 6. The molecule has 78 heavy (non-hydrogen) atoms. The summed E-state index contributed by atoms with van der Waals surface area (Å²) in [7, 11) is 0. The van der Waals surface area contributed by atoms with Crippen LogP contribution >= 0.6 is 0 Å². The molecule has 7 rings (SSSR count). The summed E-state index contributed by atoms with van der Waals surface area (Å²) in [5.74, 6) is 2.53. The van der Waals surface area contributed by atoms with Crippen molar-refractivity contribution in [1.29, 1.82) is 0 Å². The number of benzene rings is 4. The summed E-state index contributed by atoms with van der Waals surface area (Å²) in [6.07, 6.45) is 5.95. The Labute approximate surface area is 473 Å². The van der Waals surface area contributed by atoms with Gasteiger partial charge in [-0.2, -0.15) is 0 Å². The fourth-order valence-electron chi connectivity index (χ4n) is 13.5. The zero-order valence-electron chi connectivity index (χ0n) is 51.8. The molecule has 4 bridgehead atoms. The van der Waals surface area contributed by atoms with Gasteiger partial charge in [0.05, 0.1) is 45.6 Å². The Kier molecular flexibility index (Phi) is 19.2. The van der Waals surface area contributed by atoms with Gasteiger partial charge in [-0.15, -0.1) is 13.2 Å². The third kappa shape index (κ3) is 11.9. The largest absolute Gasteiger partial charge is 0.357 e. The van der Waals surface area contributed by atoms with E-state index in [9.17, 15) is 0 Å². The average Bonchev–Trinajstić information content (AvgIpc) is 2.77. The van der Waals surface area contributed by atoms with Crippen LogP contribution in [0.3, 0.4) is 0 Å². The van der Waals surface area contributed by atoms with Gasteiger partial charge in [0.25, 0.3) is 0 Å². The van der Waals surface area contributed by atoms with Gasteiger partial charge in [-0.25, -0.2) is 0 Å². The third-order valence-electron chi connectivity index (χ3n) is 17.4. The van der Waals surface area contributed by atoms with Crippen molar-refractivity contribution in [3.8, 4) is 0 Å². The first-order valence-electron chi connectivity index (χ1n) is 29.9. The standard InChI is InChI=1S/C72H98N6/c1-23-29-59-61-63-60(30-24-2)64(68(50(22)76-72-57(45(15)16)37-28-38-58(72)46(17)18)78-67(63)49(21)75-71-55(43(11)12)35-27-36-56(71)44(13)14)62(59)66(48(20)74-70-53(41(7)8)33-26-34-54(70)42(9)10)77-65(61)47(19)73-69-51(39(3)4)31-25-32-52(69)40(5)6/h23-28,31-46,59-64,73,76H,1-2,29-30H2,3-22H3/b65-47-,68-50-,74-48?,75-49?/t59-,60-,61+,62-,63+,64-. The van der Waals surface area contributed by atoms with Crippen molar-refractivity contribution < 1.29 is 0 Å². The van der Waals surface area contributed by atoms with E-state index in [-0.39, 0.29) is 35.5 Å². The number of anilines is 2. The van der Waals surface area contributed by atoms with Gasteiger partial charge in [0, 0.05) is 46.4 Å². The lowest BCUT2D eigenvalue weighted by atomic mass is 9.49. The van der Waals surface area contributed by atoms with Gasteiger partial charge in [0.15, 0.2) is 0 Å². The van der Waals surface area contributed by atoms with Crippen LogP contribution < -0.4 is 10.6 Å². The number of rotatable bonds is 20. The molecule has 2 N–H and O–H groups in total. The highest BCUT2D eigenvalue weighted by Crippen LogP contribution is 2.61. The van der Waals surface area contributed by atoms with Crippen LogP contribution in [-0.2, 0) is 0 Å². The molecule has 2 heterocycles. The van der Waals surface area contributed by atoms with Crippen LogP contribution in [0.4, 0.5) is 22.7 Å². The van der Waals surface area contributed by atoms with E-state index < -0.39 is 0 Å². The molecule has 4 aromatic carbocycles. The minimum atomic E-state index is -0.0363. The zero-order chi connectivity index (χ0) is 57.2. The zero-order valence-corrected chi connectivity index (χ0v) is 51.8. The minimum Gasteiger partial charge on any atom is -0.357 e. The molecule has 0 aromatic heterocycles. The van der Waals surface area contributed by atoms with Crippen LogP contribution in [0.2, 0.25) is 0 Å². The molecule has 0 saturated heterocycles. The number of nitrogens with one attached hydrogen (secondary N) is 2. The summed E-state index contributed by atoms with van der Waals surface area (Å²) >= 11 is 0. The second-order valence-electron chi connectivity index (χ2n) is 25.6. The van der Waals surface area contributed by atoms with Gasteiger partial charge in [-0.3, -0.25) is 20.0 Å². The van der Waals surface area contributed by atoms with E-state index >= 15 is 0 Å². The molecule has 2 aliphatic heterocycles. The first-order chi connectivity index (χ1) is 36.9. The molecule has 4 aromatic rings. The second-order valence-corrected chi connectivity index (χ2v) is 25.6. The predicted octanol–water partition coefficient (Wildman–Crippen LogP) is 21.0. The number of nitrogens with zero attached hydrogens (tertiary/aromatic N) is 4. The molecule has 0 spiro atoms. The summed E-state index contributed by atoms with van der Waals surface area (Å²) in [4.78, 5) is 24.0. The van der Waals surface area contributed by atoms with Crippen molar-refractivity contribution in [2.75, 3.05) is 10.6 Å². The maximum atomic E-state index is 6.18. The molecule has 0 radical (unpaired) electrons. The highest BCUT2D eigenvalue weighted by molar-refractivity contribution is 6.45. The van der Waals surface area contributed by atoms with E-state index in [1.54, 1.807) is 0 Å². The van der Waals surface area contributed by atoms with Gasteiger partial charge in [0.1, 0.15) is 0 Å². The molecule has 416 valence electrons. The lowest BCUT2D eigenvalue weighted by molar-refractivity contribution is 0.0669. The Bertz CT molecular complexity index is 2740. The van der Waals surface area contributed by atoms with E-state index in [0.717, 1.165) is 69.9 Å². The summed E-state index contributed by atoms with van der Waals surface area (Å²) in [5.41, 5.74) is 23.1. The summed E-state index contributed by atoms with van der Waals surface area (Å²) in [5, 5.41) is 8.32. The highest BCUT2D eigenvalue weighted by Gasteiger charge is 2.60. The number of allylic oxidation sites excluding steroid dienone is 6. The highest BCUT2D eigenvalue weighted by atomic mass is 15.0. The lowest BCUT2D eigenvalue weighted by Crippen LogP contribution is -2.58. The van der Waals surface area contributed by atoms with Crippen LogP contribution in [0.25, 0.3) is 0 Å². The van der Waals surface area contributed by atoms with Crippen LogP contribution in [0.15, 0.2) is 141 Å². The molecular formula is C72H98N6. The molecule has 6 nitrogen and oxygen atoms in total. The number of para-hydroxylation sites is 4. The van der Waals surface area contributed by atoms with Gasteiger partial charge in [0.2, 0.25) is 0 Å². The molecule has 6 heteroatoms. The molecule has 0 amide bonds. The monoisotopic (exact) mass is 1050 g/mol. The molecule has 6 atom stereocenters. The maximum Gasteiger partial charge on any atom is 0.0702 e. The first-order valence-corrected chi connectivity index (χ1v) is 29.9. The summed E-state index contributed by atoms with van der Waals surface area (Å²) in [6.45, 7) is 54.9. The fraction of sp³-hybridized carbons (Fsp3) is 0.500. The number of aliphatic imine (C=N–C) groups is 4. The van der Waals surface area contributed by atoms with Crippen molar-refractivity contribution >= 4 is 45.6 Å². The summed E-state index contributed by atoms with van der Waals surface area (Å²) in [6, 6.07) is 27.1. The van der Waals surface area contributed by atoms with Crippen molar-refractivity contribution in [3.05, 3.63) is 165 Å². The van der Waals surface area contributed by atoms with E-state index in [2.05, 4.69) is 247 Å². The fourth-order valence-corrected chi connectivity index (χ4v) is 13.5. The maximum absolute atomic E-state index is 6.18. The molecular weight excluding hydrogens is 949 g/mol. The van der Waals surface area contributed by atoms with Gasteiger partial charge < -0.3 is 10.6 Å². The normalized spacial score (nSPS) is 22.1. The van der Waals surface area contributed by atoms with Crippen molar-refractivity contribution in [1.82, 2.24) is 0 Å². The van der Waals surface area contributed by atoms with Crippen molar-refractivity contribution in [3.63, 3.8) is 0 Å². The number of fused-ring (bicyclic) bond motifs is 6. The van der Waals surface area contributed by atoms with Crippen molar-refractivity contribution in [2.45, 2.75) is 199 Å². The Balaban J connectivity index is 1.66. The molecule has 1 saturated carbocycles. The lowest BCUT2D eigenvalue weighted by Gasteiger charge is -2.57.